The number of rotatable bonds is 7. The molecule has 0 aliphatic heterocycles. The molecule has 0 saturated heterocycles. The Kier molecular flexibility index (Phi) is 6.56. The summed E-state index contributed by atoms with van der Waals surface area (Å²) in [4.78, 5) is 14.7. The van der Waals surface area contributed by atoms with Crippen LogP contribution in [0.25, 0.3) is 10.4 Å². The predicted molar refractivity (Wildman–Crippen MR) is 77.3 cm³/mol. The molecule has 6 heteroatoms. The van der Waals surface area contributed by atoms with E-state index in [0.29, 0.717) is 13.2 Å². The third kappa shape index (κ3) is 4.91. The zero-order chi connectivity index (χ0) is 15.0. The summed E-state index contributed by atoms with van der Waals surface area (Å²) >= 11 is 0. The van der Waals surface area contributed by atoms with Crippen LogP contribution in [0.4, 0.5) is 0 Å². The minimum absolute atomic E-state index is 0.289. The highest BCUT2D eigenvalue weighted by Gasteiger charge is 2.21. The van der Waals surface area contributed by atoms with Crippen molar-refractivity contribution in [2.45, 2.75) is 26.8 Å². The Labute approximate surface area is 118 Å². The Hall–Kier alpha value is -2.04. The lowest BCUT2D eigenvalue weighted by Crippen LogP contribution is -2.32. The van der Waals surface area contributed by atoms with Crippen LogP contribution in [-0.2, 0) is 9.53 Å². The van der Waals surface area contributed by atoms with Crippen molar-refractivity contribution in [2.24, 2.45) is 5.11 Å². The number of esters is 1. The molecule has 0 saturated carbocycles. The molecule has 6 nitrogen and oxygen atoms in total. The van der Waals surface area contributed by atoms with E-state index < -0.39 is 6.04 Å². The van der Waals surface area contributed by atoms with Crippen LogP contribution < -0.4 is 5.32 Å². The maximum Gasteiger partial charge on any atom is 0.327 e. The summed E-state index contributed by atoms with van der Waals surface area (Å²) in [6.45, 7) is 6.78. The SMILES string of the molecule is CCOC(=O)C(NCCN=[N+]=[N-])c1cc(C)cc(C)c1. The Morgan fingerprint density at radius 3 is 2.60 bits per heavy atom. The van der Waals surface area contributed by atoms with Gasteiger partial charge in [-0.3, -0.25) is 0 Å². The van der Waals surface area contributed by atoms with E-state index in [4.69, 9.17) is 10.3 Å². The van der Waals surface area contributed by atoms with Crippen molar-refractivity contribution in [3.8, 4) is 0 Å². The zero-order valence-corrected chi connectivity index (χ0v) is 12.1. The van der Waals surface area contributed by atoms with Crippen molar-refractivity contribution < 1.29 is 9.53 Å². The first-order valence-corrected chi connectivity index (χ1v) is 6.57. The number of benzene rings is 1. The molecule has 0 aromatic heterocycles. The van der Waals surface area contributed by atoms with Crippen molar-refractivity contribution in [1.82, 2.24) is 5.32 Å². The van der Waals surface area contributed by atoms with Gasteiger partial charge in [0.1, 0.15) is 6.04 Å². The molecule has 20 heavy (non-hydrogen) atoms. The second-order valence-corrected chi connectivity index (χ2v) is 4.51. The first-order valence-electron chi connectivity index (χ1n) is 6.57. The van der Waals surface area contributed by atoms with E-state index in [2.05, 4.69) is 15.3 Å². The molecule has 0 aliphatic rings. The number of carbonyl (C=O) groups excluding carboxylic acids is 1. The number of aryl methyl sites for hydroxylation is 2. The van der Waals surface area contributed by atoms with Crippen LogP contribution in [0.15, 0.2) is 23.3 Å². The summed E-state index contributed by atoms with van der Waals surface area (Å²) in [5.74, 6) is -0.321. The highest BCUT2D eigenvalue weighted by atomic mass is 16.5. The maximum absolute atomic E-state index is 12.0. The quantitative estimate of drug-likeness (QED) is 0.273. The van der Waals surface area contributed by atoms with Gasteiger partial charge >= 0.3 is 5.97 Å². The van der Waals surface area contributed by atoms with Crippen LogP contribution in [-0.4, -0.2) is 25.7 Å². The highest BCUT2D eigenvalue weighted by Crippen LogP contribution is 2.18. The summed E-state index contributed by atoms with van der Waals surface area (Å²) in [6.07, 6.45) is 0. The minimum Gasteiger partial charge on any atom is -0.465 e. The molecule has 1 aromatic carbocycles. The summed E-state index contributed by atoms with van der Waals surface area (Å²) < 4.78 is 5.09. The third-order valence-corrected chi connectivity index (χ3v) is 2.72. The highest BCUT2D eigenvalue weighted by molar-refractivity contribution is 5.77. The Morgan fingerprint density at radius 2 is 2.05 bits per heavy atom. The van der Waals surface area contributed by atoms with Crippen LogP contribution in [0.2, 0.25) is 0 Å². The first kappa shape index (κ1) is 16.0. The Bertz CT molecular complexity index is 490. The maximum atomic E-state index is 12.0. The molecule has 0 fully saturated rings. The van der Waals surface area contributed by atoms with E-state index >= 15 is 0 Å². The number of ether oxygens (including phenoxy) is 1. The second-order valence-electron chi connectivity index (χ2n) is 4.51. The van der Waals surface area contributed by atoms with Crippen LogP contribution in [0, 0.1) is 13.8 Å². The molecule has 0 spiro atoms. The summed E-state index contributed by atoms with van der Waals surface area (Å²) in [6, 6.07) is 5.41. The number of azide groups is 1. The summed E-state index contributed by atoms with van der Waals surface area (Å²) in [5.41, 5.74) is 11.3. The van der Waals surface area contributed by atoms with Gasteiger partial charge in [0.25, 0.3) is 0 Å². The number of nitrogens with one attached hydrogen (secondary N) is 1. The number of hydrogen-bond acceptors (Lipinski definition) is 4. The van der Waals surface area contributed by atoms with Crippen LogP contribution in [0.3, 0.4) is 0 Å². The van der Waals surface area contributed by atoms with Gasteiger partial charge in [-0.25, -0.2) is 4.79 Å². The molecule has 0 amide bonds. The molecule has 1 rings (SSSR count). The molecule has 0 radical (unpaired) electrons. The molecule has 108 valence electrons. The summed E-state index contributed by atoms with van der Waals surface area (Å²) in [5, 5.41) is 6.51. The molecular weight excluding hydrogens is 256 g/mol. The fourth-order valence-corrected chi connectivity index (χ4v) is 2.04. The Balaban J connectivity index is 2.90. The molecule has 0 heterocycles. The normalized spacial score (nSPS) is 11.6. The molecule has 1 aromatic rings. The van der Waals surface area contributed by atoms with Crippen molar-refractivity contribution in [3.63, 3.8) is 0 Å². The van der Waals surface area contributed by atoms with Gasteiger partial charge < -0.3 is 10.1 Å². The van der Waals surface area contributed by atoms with Gasteiger partial charge in [-0.05, 0) is 31.9 Å². The lowest BCUT2D eigenvalue weighted by Gasteiger charge is -2.18. The monoisotopic (exact) mass is 276 g/mol. The van der Waals surface area contributed by atoms with Crippen LogP contribution >= 0.6 is 0 Å². The van der Waals surface area contributed by atoms with Gasteiger partial charge in [-0.15, -0.1) is 0 Å². The molecule has 1 N–H and O–H groups in total. The van der Waals surface area contributed by atoms with E-state index in [0.717, 1.165) is 16.7 Å². The van der Waals surface area contributed by atoms with Crippen LogP contribution in [0.5, 0.6) is 0 Å². The average molecular weight is 276 g/mol. The first-order chi connectivity index (χ1) is 9.58. The standard InChI is InChI=1S/C14H20N4O2/c1-4-20-14(19)13(16-5-6-17-18-15)12-8-10(2)7-11(3)9-12/h7-9,13,16H,4-6H2,1-3H3. The molecule has 1 atom stereocenters. The topological polar surface area (TPSA) is 87.1 Å². The fraction of sp³-hybridized carbons (Fsp3) is 0.500. The van der Waals surface area contributed by atoms with Gasteiger partial charge in [0, 0.05) is 18.0 Å². The number of hydrogen-bond donors (Lipinski definition) is 1. The Morgan fingerprint density at radius 1 is 1.40 bits per heavy atom. The largest absolute Gasteiger partial charge is 0.465 e. The molecule has 1 unspecified atom stereocenters. The lowest BCUT2D eigenvalue weighted by atomic mass is 10.0. The van der Waals surface area contributed by atoms with Gasteiger partial charge in [-0.1, -0.05) is 34.4 Å². The van der Waals surface area contributed by atoms with Crippen LogP contribution in [0.1, 0.15) is 29.7 Å². The lowest BCUT2D eigenvalue weighted by molar-refractivity contribution is -0.145. The van der Waals surface area contributed by atoms with E-state index in [1.54, 1.807) is 6.92 Å². The zero-order valence-electron chi connectivity index (χ0n) is 12.1. The van der Waals surface area contributed by atoms with Crippen molar-refractivity contribution in [2.75, 3.05) is 19.7 Å². The van der Waals surface area contributed by atoms with Gasteiger partial charge in [0.05, 0.1) is 6.61 Å². The second kappa shape index (κ2) is 8.19. The van der Waals surface area contributed by atoms with E-state index in [1.165, 1.54) is 0 Å². The third-order valence-electron chi connectivity index (χ3n) is 2.72. The van der Waals surface area contributed by atoms with E-state index in [-0.39, 0.29) is 12.5 Å². The molecule has 0 aliphatic carbocycles. The number of nitrogens with zero attached hydrogens (tertiary/aromatic N) is 3. The average Bonchev–Trinajstić information content (AvgIpc) is 2.37. The smallest absolute Gasteiger partial charge is 0.327 e. The van der Waals surface area contributed by atoms with Gasteiger partial charge in [-0.2, -0.15) is 0 Å². The summed E-state index contributed by atoms with van der Waals surface area (Å²) in [7, 11) is 0. The molecular formula is C14H20N4O2. The minimum atomic E-state index is -0.539. The molecule has 0 bridgehead atoms. The predicted octanol–water partition coefficient (Wildman–Crippen LogP) is 2.81. The van der Waals surface area contributed by atoms with Crippen molar-refractivity contribution in [3.05, 3.63) is 45.3 Å². The van der Waals surface area contributed by atoms with E-state index in [1.807, 2.05) is 32.0 Å². The van der Waals surface area contributed by atoms with Gasteiger partial charge in [0.2, 0.25) is 0 Å². The van der Waals surface area contributed by atoms with Crippen molar-refractivity contribution in [1.29, 1.82) is 0 Å². The van der Waals surface area contributed by atoms with E-state index in [9.17, 15) is 4.79 Å². The van der Waals surface area contributed by atoms with Gasteiger partial charge in [0.15, 0.2) is 0 Å². The fourth-order valence-electron chi connectivity index (χ4n) is 2.04. The van der Waals surface area contributed by atoms with Crippen molar-refractivity contribution >= 4 is 5.97 Å². The number of carbonyl (C=O) groups is 1.